The maximum Gasteiger partial charge on any atom is 0.165 e. The third-order valence-corrected chi connectivity index (χ3v) is 10.5. The van der Waals surface area contributed by atoms with Crippen molar-refractivity contribution in [2.45, 2.75) is 13.8 Å². The Kier molecular flexibility index (Phi) is 8.53. The van der Waals surface area contributed by atoms with Crippen molar-refractivity contribution in [1.82, 2.24) is 19.9 Å². The van der Waals surface area contributed by atoms with Crippen LogP contribution in [0.25, 0.3) is 101 Å². The molecular formula is C52H36N4O. The molecule has 0 aliphatic rings. The molecule has 0 bridgehead atoms. The van der Waals surface area contributed by atoms with Crippen molar-refractivity contribution < 1.29 is 4.42 Å². The molecule has 57 heavy (non-hydrogen) atoms. The van der Waals surface area contributed by atoms with E-state index in [4.69, 9.17) is 24.4 Å². The Labute approximate surface area is 331 Å². The first-order chi connectivity index (χ1) is 28.1. The van der Waals surface area contributed by atoms with Gasteiger partial charge in [-0.2, -0.15) is 0 Å². The molecule has 7 aromatic carbocycles. The molecule has 3 aromatic heterocycles. The van der Waals surface area contributed by atoms with E-state index in [1.54, 1.807) is 0 Å². The minimum atomic E-state index is 0.567. The Morgan fingerprint density at radius 1 is 0.368 bits per heavy atom. The van der Waals surface area contributed by atoms with Gasteiger partial charge in [0, 0.05) is 44.8 Å². The maximum absolute atomic E-state index is 6.63. The van der Waals surface area contributed by atoms with Crippen LogP contribution < -0.4 is 0 Å². The number of aromatic nitrogens is 4. The lowest BCUT2D eigenvalue weighted by Gasteiger charge is -2.17. The maximum atomic E-state index is 6.63. The second-order valence-corrected chi connectivity index (χ2v) is 14.4. The van der Waals surface area contributed by atoms with Gasteiger partial charge >= 0.3 is 0 Å². The summed E-state index contributed by atoms with van der Waals surface area (Å²) in [4.78, 5) is 19.7. The Hall–Kier alpha value is -7.50. The van der Waals surface area contributed by atoms with Crippen molar-refractivity contribution in [2.75, 3.05) is 0 Å². The van der Waals surface area contributed by atoms with Crippen LogP contribution in [0.4, 0.5) is 0 Å². The number of nitrogens with zero attached hydrogens (tertiary/aromatic N) is 4. The van der Waals surface area contributed by atoms with Gasteiger partial charge in [0.25, 0.3) is 0 Å². The van der Waals surface area contributed by atoms with E-state index in [2.05, 4.69) is 105 Å². The highest BCUT2D eigenvalue weighted by molar-refractivity contribution is 6.11. The molecule has 0 unspecified atom stereocenters. The summed E-state index contributed by atoms with van der Waals surface area (Å²) in [6.07, 6.45) is 1.86. The summed E-state index contributed by atoms with van der Waals surface area (Å²) in [5.74, 6) is 1.80. The van der Waals surface area contributed by atoms with Gasteiger partial charge in [-0.25, -0.2) is 15.0 Å². The van der Waals surface area contributed by atoms with Crippen LogP contribution in [0.2, 0.25) is 0 Å². The number of furan rings is 1. The number of para-hydroxylation sites is 2. The van der Waals surface area contributed by atoms with Gasteiger partial charge in [0.15, 0.2) is 17.5 Å². The number of fused-ring (bicyclic) bond motifs is 3. The highest BCUT2D eigenvalue weighted by Crippen LogP contribution is 2.44. The molecule has 0 aliphatic carbocycles. The molecule has 10 rings (SSSR count). The van der Waals surface area contributed by atoms with Crippen molar-refractivity contribution in [1.29, 1.82) is 0 Å². The molecule has 5 nitrogen and oxygen atoms in total. The first-order valence-corrected chi connectivity index (χ1v) is 19.1. The third-order valence-electron chi connectivity index (χ3n) is 10.5. The van der Waals surface area contributed by atoms with Gasteiger partial charge in [-0.05, 0) is 65.9 Å². The molecule has 5 heteroatoms. The predicted octanol–water partition coefficient (Wildman–Crippen LogP) is 13.5. The first kappa shape index (κ1) is 34.0. The van der Waals surface area contributed by atoms with E-state index in [9.17, 15) is 0 Å². The fraction of sp³-hybridized carbons (Fsp3) is 0.0385. The fourth-order valence-corrected chi connectivity index (χ4v) is 7.86. The zero-order valence-corrected chi connectivity index (χ0v) is 31.5. The number of hydrogen-bond donors (Lipinski definition) is 0. The molecular weight excluding hydrogens is 697 g/mol. The predicted molar refractivity (Wildman–Crippen MR) is 232 cm³/mol. The third kappa shape index (κ3) is 6.45. The Morgan fingerprint density at radius 3 is 1.61 bits per heavy atom. The van der Waals surface area contributed by atoms with E-state index in [1.807, 2.05) is 91.1 Å². The normalized spacial score (nSPS) is 11.3. The summed E-state index contributed by atoms with van der Waals surface area (Å²) in [7, 11) is 0. The van der Waals surface area contributed by atoms with Crippen molar-refractivity contribution in [3.63, 3.8) is 0 Å². The smallest absolute Gasteiger partial charge is 0.165 e. The van der Waals surface area contributed by atoms with E-state index in [0.29, 0.717) is 17.5 Å². The minimum Gasteiger partial charge on any atom is -0.455 e. The molecule has 0 atom stereocenters. The summed E-state index contributed by atoms with van der Waals surface area (Å²) >= 11 is 0. The highest BCUT2D eigenvalue weighted by atomic mass is 16.3. The van der Waals surface area contributed by atoms with Gasteiger partial charge in [0.2, 0.25) is 0 Å². The molecule has 0 saturated carbocycles. The standard InChI is InChI=1S/C52H36N4O/c1-33-28-34(2)30-39(29-33)40-18-9-10-19-41(40)42-26-24-37(31-46(42)45-22-13-21-44-43-20-11-12-23-48(43)57-49(44)45)47-27-25-38(32-53-47)52-55-50(35-14-5-3-6-15-35)54-51(56-52)36-16-7-4-8-17-36/h3-32H,1-2H3. The lowest BCUT2D eigenvalue weighted by Crippen LogP contribution is -2.00. The number of aryl methyl sites for hydroxylation is 2. The van der Waals surface area contributed by atoms with E-state index in [1.165, 1.54) is 22.3 Å². The van der Waals surface area contributed by atoms with Crippen molar-refractivity contribution in [3.8, 4) is 78.8 Å². The van der Waals surface area contributed by atoms with Crippen LogP contribution in [-0.2, 0) is 0 Å². The van der Waals surface area contributed by atoms with Crippen LogP contribution >= 0.6 is 0 Å². The number of benzene rings is 7. The molecule has 0 radical (unpaired) electrons. The quantitative estimate of drug-likeness (QED) is 0.163. The number of hydrogen-bond acceptors (Lipinski definition) is 5. The van der Waals surface area contributed by atoms with Crippen LogP contribution in [0.5, 0.6) is 0 Å². The van der Waals surface area contributed by atoms with E-state index >= 15 is 0 Å². The molecule has 3 heterocycles. The molecule has 0 saturated heterocycles. The van der Waals surface area contributed by atoms with Crippen LogP contribution in [0.3, 0.4) is 0 Å². The fourth-order valence-electron chi connectivity index (χ4n) is 7.86. The summed E-state index contributed by atoms with van der Waals surface area (Å²) in [5, 5.41) is 2.19. The van der Waals surface area contributed by atoms with Crippen molar-refractivity contribution in [3.05, 3.63) is 193 Å². The zero-order valence-electron chi connectivity index (χ0n) is 31.5. The van der Waals surface area contributed by atoms with Crippen LogP contribution in [0, 0.1) is 13.8 Å². The van der Waals surface area contributed by atoms with Gasteiger partial charge in [-0.3, -0.25) is 4.98 Å². The number of rotatable bonds is 7. The Morgan fingerprint density at radius 2 is 0.930 bits per heavy atom. The molecule has 0 N–H and O–H groups in total. The lowest BCUT2D eigenvalue weighted by atomic mass is 9.87. The molecule has 10 aromatic rings. The zero-order chi connectivity index (χ0) is 38.3. The van der Waals surface area contributed by atoms with Gasteiger partial charge in [-0.1, -0.05) is 163 Å². The van der Waals surface area contributed by atoms with E-state index in [0.717, 1.165) is 72.1 Å². The van der Waals surface area contributed by atoms with Crippen molar-refractivity contribution >= 4 is 21.9 Å². The lowest BCUT2D eigenvalue weighted by molar-refractivity contribution is 0.670. The van der Waals surface area contributed by atoms with Crippen LogP contribution in [0.1, 0.15) is 11.1 Å². The molecule has 0 spiro atoms. The van der Waals surface area contributed by atoms with Gasteiger partial charge in [-0.15, -0.1) is 0 Å². The summed E-state index contributed by atoms with van der Waals surface area (Å²) in [6, 6.07) is 60.9. The topological polar surface area (TPSA) is 64.7 Å². The monoisotopic (exact) mass is 732 g/mol. The second-order valence-electron chi connectivity index (χ2n) is 14.4. The average Bonchev–Trinajstić information content (AvgIpc) is 3.66. The molecule has 0 aliphatic heterocycles. The van der Waals surface area contributed by atoms with Gasteiger partial charge in [0.1, 0.15) is 11.2 Å². The SMILES string of the molecule is Cc1cc(C)cc(-c2ccccc2-c2ccc(-c3ccc(-c4nc(-c5ccccc5)nc(-c5ccccc5)n4)cn3)cc2-c2cccc3c2oc2ccccc23)c1. The largest absolute Gasteiger partial charge is 0.455 e. The molecule has 0 amide bonds. The molecule has 0 fully saturated rings. The van der Waals surface area contributed by atoms with Crippen LogP contribution in [0.15, 0.2) is 187 Å². The Balaban J connectivity index is 1.12. The van der Waals surface area contributed by atoms with Gasteiger partial charge in [0.05, 0.1) is 5.69 Å². The number of pyridine rings is 1. The summed E-state index contributed by atoms with van der Waals surface area (Å²) < 4.78 is 6.63. The Bertz CT molecular complexity index is 3000. The first-order valence-electron chi connectivity index (χ1n) is 19.1. The minimum absolute atomic E-state index is 0.567. The van der Waals surface area contributed by atoms with Gasteiger partial charge < -0.3 is 4.42 Å². The van der Waals surface area contributed by atoms with Crippen LogP contribution in [-0.4, -0.2) is 19.9 Å². The average molecular weight is 733 g/mol. The summed E-state index contributed by atoms with van der Waals surface area (Å²) in [5.41, 5.74) is 15.4. The van der Waals surface area contributed by atoms with Crippen molar-refractivity contribution in [2.24, 2.45) is 0 Å². The van der Waals surface area contributed by atoms with E-state index < -0.39 is 0 Å². The van der Waals surface area contributed by atoms with E-state index in [-0.39, 0.29) is 0 Å². The second kappa shape index (κ2) is 14.3. The summed E-state index contributed by atoms with van der Waals surface area (Å²) in [6.45, 7) is 4.32. The molecule has 270 valence electrons. The highest BCUT2D eigenvalue weighted by Gasteiger charge is 2.19.